The second-order valence-corrected chi connectivity index (χ2v) is 6.58. The highest BCUT2D eigenvalue weighted by Crippen LogP contribution is 2.29. The molecule has 0 amide bonds. The fourth-order valence-corrected chi connectivity index (χ4v) is 3.35. The molecule has 0 radical (unpaired) electrons. The lowest BCUT2D eigenvalue weighted by molar-refractivity contribution is 0.255. The van der Waals surface area contributed by atoms with Crippen molar-refractivity contribution >= 4 is 0 Å². The van der Waals surface area contributed by atoms with Crippen LogP contribution in [0, 0.1) is 0 Å². The molecular weight excluding hydrogens is 258 g/mol. The lowest BCUT2D eigenvalue weighted by Gasteiger charge is -2.28. The number of fused-ring (bicyclic) bond motifs is 1. The van der Waals surface area contributed by atoms with Crippen LogP contribution in [0.25, 0.3) is 0 Å². The van der Waals surface area contributed by atoms with Crippen LogP contribution >= 0.6 is 0 Å². The Kier molecular flexibility index (Phi) is 6.56. The lowest BCUT2D eigenvalue weighted by atomic mass is 9.89. The van der Waals surface area contributed by atoms with Gasteiger partial charge in [-0.2, -0.15) is 0 Å². The van der Waals surface area contributed by atoms with E-state index in [1.165, 1.54) is 62.7 Å². The summed E-state index contributed by atoms with van der Waals surface area (Å²) < 4.78 is 0. The Morgan fingerprint density at radius 1 is 1.14 bits per heavy atom. The molecule has 2 nitrogen and oxygen atoms in total. The van der Waals surface area contributed by atoms with Gasteiger partial charge in [0.05, 0.1) is 0 Å². The van der Waals surface area contributed by atoms with Crippen molar-refractivity contribution in [1.82, 2.24) is 4.90 Å². The first-order valence-corrected chi connectivity index (χ1v) is 8.75. The summed E-state index contributed by atoms with van der Waals surface area (Å²) in [6, 6.07) is 5.93. The zero-order valence-electron chi connectivity index (χ0n) is 13.8. The minimum Gasteiger partial charge on any atom is -0.508 e. The number of hydrogen-bond donors (Lipinski definition) is 1. The summed E-state index contributed by atoms with van der Waals surface area (Å²) in [6.45, 7) is 8.18. The van der Waals surface area contributed by atoms with Gasteiger partial charge in [0.25, 0.3) is 0 Å². The summed E-state index contributed by atoms with van der Waals surface area (Å²) in [7, 11) is 0. The van der Waals surface area contributed by atoms with Gasteiger partial charge in [-0.1, -0.05) is 45.6 Å². The fraction of sp³-hybridized carbons (Fsp3) is 0.684. The molecule has 2 heteroatoms. The second-order valence-electron chi connectivity index (χ2n) is 6.58. The van der Waals surface area contributed by atoms with Crippen molar-refractivity contribution in [1.29, 1.82) is 0 Å². The minimum absolute atomic E-state index is 0.411. The van der Waals surface area contributed by atoms with Gasteiger partial charge in [0.15, 0.2) is 0 Å². The van der Waals surface area contributed by atoms with Crippen LogP contribution in [0.15, 0.2) is 18.2 Å². The molecule has 0 aliphatic carbocycles. The van der Waals surface area contributed by atoms with Gasteiger partial charge >= 0.3 is 0 Å². The summed E-state index contributed by atoms with van der Waals surface area (Å²) >= 11 is 0. The third kappa shape index (κ3) is 5.03. The minimum atomic E-state index is 0.411. The summed E-state index contributed by atoms with van der Waals surface area (Å²) in [6.07, 6.45) is 9.14. The Labute approximate surface area is 130 Å². The molecule has 0 fully saturated rings. The van der Waals surface area contributed by atoms with Gasteiger partial charge in [-0.25, -0.2) is 0 Å². The number of phenols is 1. The molecule has 1 aliphatic rings. The number of nitrogens with zero attached hydrogens (tertiary/aromatic N) is 1. The maximum Gasteiger partial charge on any atom is 0.115 e. The summed E-state index contributed by atoms with van der Waals surface area (Å²) in [5.74, 6) is 0.962. The highest BCUT2D eigenvalue weighted by atomic mass is 16.3. The Morgan fingerprint density at radius 2 is 1.95 bits per heavy atom. The van der Waals surface area contributed by atoms with E-state index in [1.807, 2.05) is 12.1 Å². The third-order valence-corrected chi connectivity index (χ3v) is 4.81. The normalized spacial score (nSPS) is 19.8. The van der Waals surface area contributed by atoms with Crippen molar-refractivity contribution in [2.45, 2.75) is 64.7 Å². The number of benzene rings is 1. The van der Waals surface area contributed by atoms with Gasteiger partial charge < -0.3 is 10.0 Å². The molecule has 0 saturated heterocycles. The van der Waals surface area contributed by atoms with E-state index in [2.05, 4.69) is 24.8 Å². The van der Waals surface area contributed by atoms with E-state index in [-0.39, 0.29) is 0 Å². The van der Waals surface area contributed by atoms with E-state index in [1.54, 1.807) is 0 Å². The van der Waals surface area contributed by atoms with Crippen molar-refractivity contribution in [2.24, 2.45) is 0 Å². The molecule has 21 heavy (non-hydrogen) atoms. The smallest absolute Gasteiger partial charge is 0.115 e. The molecule has 118 valence electrons. The molecular formula is C19H31NO. The molecule has 1 aliphatic heterocycles. The Bertz CT molecular complexity index is 430. The zero-order chi connectivity index (χ0) is 15.1. The maximum atomic E-state index is 9.70. The molecule has 1 atom stereocenters. The molecule has 1 aromatic rings. The number of hydrogen-bond acceptors (Lipinski definition) is 2. The van der Waals surface area contributed by atoms with Crippen LogP contribution in [0.3, 0.4) is 0 Å². The van der Waals surface area contributed by atoms with Crippen molar-refractivity contribution in [3.05, 3.63) is 29.3 Å². The third-order valence-electron chi connectivity index (χ3n) is 4.81. The van der Waals surface area contributed by atoms with Crippen LogP contribution in [0.4, 0.5) is 0 Å². The zero-order valence-corrected chi connectivity index (χ0v) is 13.8. The van der Waals surface area contributed by atoms with Gasteiger partial charge in [-0.15, -0.1) is 0 Å². The van der Waals surface area contributed by atoms with Crippen LogP contribution in [0.5, 0.6) is 5.75 Å². The van der Waals surface area contributed by atoms with Crippen molar-refractivity contribution in [3.63, 3.8) is 0 Å². The van der Waals surface area contributed by atoms with Crippen molar-refractivity contribution in [2.75, 3.05) is 19.6 Å². The van der Waals surface area contributed by atoms with Crippen molar-refractivity contribution in [3.8, 4) is 5.75 Å². The number of rotatable bonds is 6. The summed E-state index contributed by atoms with van der Waals surface area (Å²) in [5, 5.41) is 9.70. The van der Waals surface area contributed by atoms with Crippen molar-refractivity contribution < 1.29 is 5.11 Å². The highest BCUT2D eigenvalue weighted by Gasteiger charge is 2.17. The van der Waals surface area contributed by atoms with Crippen LogP contribution in [-0.2, 0) is 6.42 Å². The monoisotopic (exact) mass is 289 g/mol. The van der Waals surface area contributed by atoms with Gasteiger partial charge in [0.2, 0.25) is 0 Å². The second kappa shape index (κ2) is 8.43. The predicted octanol–water partition coefficient (Wildman–Crippen LogP) is 4.71. The topological polar surface area (TPSA) is 23.5 Å². The fourth-order valence-electron chi connectivity index (χ4n) is 3.35. The number of aromatic hydroxyl groups is 1. The summed E-state index contributed by atoms with van der Waals surface area (Å²) in [5.41, 5.74) is 2.79. The lowest BCUT2D eigenvalue weighted by Crippen LogP contribution is -2.31. The van der Waals surface area contributed by atoms with E-state index in [0.717, 1.165) is 13.0 Å². The van der Waals surface area contributed by atoms with Crippen LogP contribution in [0.2, 0.25) is 0 Å². The van der Waals surface area contributed by atoms with Gasteiger partial charge in [-0.3, -0.25) is 0 Å². The van der Waals surface area contributed by atoms with Crippen LogP contribution in [-0.4, -0.2) is 29.6 Å². The molecule has 0 unspecified atom stereocenters. The average molecular weight is 289 g/mol. The molecule has 1 heterocycles. The largest absolute Gasteiger partial charge is 0.508 e. The van der Waals surface area contributed by atoms with E-state index >= 15 is 0 Å². The molecule has 0 bridgehead atoms. The standard InChI is InChI=1S/C19H31NO/c1-3-4-5-6-7-12-20-13-10-16(2)19-15-18(21)9-8-17(19)11-14-20/h8-9,15-16,21H,3-7,10-14H2,1-2H3/t16-/m1/s1. The van der Waals surface area contributed by atoms with E-state index in [0.29, 0.717) is 11.7 Å². The Balaban J connectivity index is 1.86. The Hall–Kier alpha value is -1.02. The Morgan fingerprint density at radius 3 is 2.76 bits per heavy atom. The number of phenolic OH excluding ortho intramolecular Hbond substituents is 1. The van der Waals surface area contributed by atoms with Gasteiger partial charge in [-0.05, 0) is 61.5 Å². The highest BCUT2D eigenvalue weighted by molar-refractivity contribution is 5.37. The first kappa shape index (κ1) is 16.4. The maximum absolute atomic E-state index is 9.70. The molecule has 1 N–H and O–H groups in total. The molecule has 0 aromatic heterocycles. The average Bonchev–Trinajstić information content (AvgIpc) is 2.48. The quantitative estimate of drug-likeness (QED) is 0.766. The molecule has 0 saturated carbocycles. The number of unbranched alkanes of at least 4 members (excludes halogenated alkanes) is 4. The van der Waals surface area contributed by atoms with Crippen LogP contribution in [0.1, 0.15) is 69.4 Å². The molecule has 0 spiro atoms. The SMILES string of the molecule is CCCCCCCN1CCc2ccc(O)cc2[C@H](C)CC1. The first-order chi connectivity index (χ1) is 10.2. The molecule has 2 rings (SSSR count). The predicted molar refractivity (Wildman–Crippen MR) is 90.0 cm³/mol. The van der Waals surface area contributed by atoms with Crippen LogP contribution < -0.4 is 0 Å². The van der Waals surface area contributed by atoms with E-state index < -0.39 is 0 Å². The first-order valence-electron chi connectivity index (χ1n) is 8.75. The summed E-state index contributed by atoms with van der Waals surface area (Å²) in [4.78, 5) is 2.64. The van der Waals surface area contributed by atoms with E-state index in [9.17, 15) is 5.11 Å². The van der Waals surface area contributed by atoms with Gasteiger partial charge in [0.1, 0.15) is 5.75 Å². The van der Waals surface area contributed by atoms with E-state index in [4.69, 9.17) is 0 Å². The van der Waals surface area contributed by atoms with Gasteiger partial charge in [0, 0.05) is 6.54 Å². The molecule has 1 aromatic carbocycles.